The molecule has 1 aliphatic carbocycles. The van der Waals surface area contributed by atoms with E-state index in [2.05, 4.69) is 5.32 Å². The van der Waals surface area contributed by atoms with Crippen LogP contribution in [0.5, 0.6) is 0 Å². The molecule has 1 atom stereocenters. The Bertz CT molecular complexity index is 1620. The molecule has 0 saturated heterocycles. The van der Waals surface area contributed by atoms with Gasteiger partial charge in [0.25, 0.3) is 10.0 Å². The van der Waals surface area contributed by atoms with Gasteiger partial charge in [0, 0.05) is 12.6 Å². The molecule has 14 heteroatoms. The van der Waals surface area contributed by atoms with Crippen molar-refractivity contribution in [2.45, 2.75) is 62.3 Å². The third kappa shape index (κ3) is 7.99. The minimum atomic E-state index is -4.82. The zero-order chi connectivity index (χ0) is 32.2. The highest BCUT2D eigenvalue weighted by Gasteiger charge is 2.36. The molecule has 3 aromatic carbocycles. The van der Waals surface area contributed by atoms with Crippen LogP contribution in [0.15, 0.2) is 71.6 Å². The van der Waals surface area contributed by atoms with Crippen LogP contribution in [0.25, 0.3) is 0 Å². The number of hydrogen-bond acceptors (Lipinski definition) is 4. The van der Waals surface area contributed by atoms with Crippen LogP contribution in [0.1, 0.15) is 43.7 Å². The summed E-state index contributed by atoms with van der Waals surface area (Å²) in [6.07, 6.45) is -1.34. The van der Waals surface area contributed by atoms with Crippen LogP contribution in [0.4, 0.5) is 18.9 Å². The molecule has 0 radical (unpaired) electrons. The molecule has 0 aliphatic heterocycles. The van der Waals surface area contributed by atoms with Gasteiger partial charge in [0.1, 0.15) is 12.6 Å². The predicted molar refractivity (Wildman–Crippen MR) is 164 cm³/mol. The van der Waals surface area contributed by atoms with Crippen LogP contribution in [0, 0.1) is 0 Å². The van der Waals surface area contributed by atoms with E-state index in [0.717, 1.165) is 36.6 Å². The van der Waals surface area contributed by atoms with Crippen LogP contribution in [-0.4, -0.2) is 43.8 Å². The lowest BCUT2D eigenvalue weighted by Crippen LogP contribution is -2.52. The summed E-state index contributed by atoms with van der Waals surface area (Å²) >= 11 is 18.5. The van der Waals surface area contributed by atoms with Gasteiger partial charge in [-0.2, -0.15) is 13.2 Å². The lowest BCUT2D eigenvalue weighted by atomic mass is 10.1. The number of rotatable bonds is 10. The van der Waals surface area contributed by atoms with E-state index in [9.17, 15) is 31.2 Å². The number of carbonyl (C=O) groups excluding carboxylic acids is 2. The quantitative estimate of drug-likeness (QED) is 0.241. The maximum Gasteiger partial charge on any atom is 0.416 e. The molecule has 0 bridgehead atoms. The van der Waals surface area contributed by atoms with Crippen molar-refractivity contribution in [2.24, 2.45) is 0 Å². The van der Waals surface area contributed by atoms with Gasteiger partial charge in [-0.05, 0) is 67.8 Å². The number of sulfonamides is 1. The predicted octanol–water partition coefficient (Wildman–Crippen LogP) is 7.34. The molecule has 0 spiro atoms. The summed E-state index contributed by atoms with van der Waals surface area (Å²) in [5.74, 6) is -1.32. The number of alkyl halides is 3. The number of nitrogens with one attached hydrogen (secondary N) is 1. The largest absolute Gasteiger partial charge is 0.416 e. The van der Waals surface area contributed by atoms with Crippen molar-refractivity contribution in [3.8, 4) is 0 Å². The molecule has 1 fully saturated rings. The average molecular weight is 691 g/mol. The third-order valence-electron chi connectivity index (χ3n) is 7.36. The lowest BCUT2D eigenvalue weighted by Gasteiger charge is -2.33. The Labute approximate surface area is 268 Å². The Kier molecular flexibility index (Phi) is 10.8. The van der Waals surface area contributed by atoms with Crippen LogP contribution >= 0.6 is 34.8 Å². The third-order valence-corrected chi connectivity index (χ3v) is 10.2. The van der Waals surface area contributed by atoms with Crippen LogP contribution in [0.3, 0.4) is 0 Å². The summed E-state index contributed by atoms with van der Waals surface area (Å²) in [5.41, 5.74) is -1.21. The van der Waals surface area contributed by atoms with Gasteiger partial charge in [-0.3, -0.25) is 13.9 Å². The number of hydrogen-bond donors (Lipinski definition) is 1. The minimum absolute atomic E-state index is 0.0641. The van der Waals surface area contributed by atoms with E-state index in [0.29, 0.717) is 22.0 Å². The molecule has 0 unspecified atom stereocenters. The first-order chi connectivity index (χ1) is 20.7. The van der Waals surface area contributed by atoms with Crippen molar-refractivity contribution >= 4 is 62.3 Å². The van der Waals surface area contributed by atoms with Gasteiger partial charge in [0.15, 0.2) is 0 Å². The van der Waals surface area contributed by atoms with Crippen molar-refractivity contribution in [1.82, 2.24) is 10.2 Å². The van der Waals surface area contributed by atoms with Gasteiger partial charge in [0.2, 0.25) is 11.8 Å². The topological polar surface area (TPSA) is 86.8 Å². The Balaban J connectivity index is 1.77. The van der Waals surface area contributed by atoms with Crippen LogP contribution < -0.4 is 9.62 Å². The summed E-state index contributed by atoms with van der Waals surface area (Å²) in [6, 6.07) is 12.6. The van der Waals surface area contributed by atoms with Crippen molar-refractivity contribution in [3.05, 3.63) is 92.9 Å². The van der Waals surface area contributed by atoms with Gasteiger partial charge in [-0.25, -0.2) is 8.42 Å². The molecular weight excluding hydrogens is 662 g/mol. The number of carbonyl (C=O) groups is 2. The number of halogens is 6. The van der Waals surface area contributed by atoms with E-state index in [1.54, 1.807) is 12.1 Å². The maximum absolute atomic E-state index is 14.1. The minimum Gasteiger partial charge on any atom is -0.352 e. The summed E-state index contributed by atoms with van der Waals surface area (Å²) in [5, 5.41) is 3.07. The van der Waals surface area contributed by atoms with Crippen LogP contribution in [0.2, 0.25) is 15.1 Å². The fraction of sp³-hybridized carbons (Fsp3) is 0.333. The summed E-state index contributed by atoms with van der Waals surface area (Å²) in [6.45, 7) is 0.359. The molecule has 3 aromatic rings. The first-order valence-electron chi connectivity index (χ1n) is 13.7. The van der Waals surface area contributed by atoms with Gasteiger partial charge >= 0.3 is 6.18 Å². The van der Waals surface area contributed by atoms with E-state index in [4.69, 9.17) is 34.8 Å². The smallest absolute Gasteiger partial charge is 0.352 e. The normalized spacial score (nSPS) is 14.7. The van der Waals surface area contributed by atoms with Crippen molar-refractivity contribution in [2.75, 3.05) is 10.8 Å². The second-order valence-electron chi connectivity index (χ2n) is 10.4. The molecule has 0 aromatic heterocycles. The van der Waals surface area contributed by atoms with Gasteiger partial charge in [0.05, 0.1) is 31.2 Å². The Hall–Kier alpha value is -2.99. The lowest BCUT2D eigenvalue weighted by molar-refractivity contribution is -0.139. The SMILES string of the molecule is C[C@H](C(=O)NC1CCCC1)N(Cc1ccc(Cl)c(Cl)c1)C(=O)CN(c1cc(C(F)(F)F)ccc1Cl)S(=O)(=O)c1ccccc1. The second-order valence-corrected chi connectivity index (χ2v) is 13.5. The fourth-order valence-electron chi connectivity index (χ4n) is 4.92. The maximum atomic E-state index is 14.1. The molecule has 236 valence electrons. The number of benzene rings is 3. The highest BCUT2D eigenvalue weighted by atomic mass is 35.5. The van der Waals surface area contributed by atoms with E-state index in [-0.39, 0.29) is 32.5 Å². The highest BCUT2D eigenvalue weighted by molar-refractivity contribution is 7.92. The van der Waals surface area contributed by atoms with Crippen molar-refractivity contribution < 1.29 is 31.2 Å². The highest BCUT2D eigenvalue weighted by Crippen LogP contribution is 2.37. The summed E-state index contributed by atoms with van der Waals surface area (Å²) in [7, 11) is -4.62. The number of anilines is 1. The Morgan fingerprint density at radius 2 is 1.57 bits per heavy atom. The molecule has 1 N–H and O–H groups in total. The molecule has 0 heterocycles. The number of nitrogens with zero attached hydrogens (tertiary/aromatic N) is 2. The summed E-state index contributed by atoms with van der Waals surface area (Å²) < 4.78 is 69.4. The molecule has 44 heavy (non-hydrogen) atoms. The molecule has 4 rings (SSSR count). The first-order valence-corrected chi connectivity index (χ1v) is 16.2. The molecule has 2 amide bonds. The Morgan fingerprint density at radius 1 is 0.932 bits per heavy atom. The molecule has 1 aliphatic rings. The van der Waals surface area contributed by atoms with E-state index >= 15 is 0 Å². The van der Waals surface area contributed by atoms with Gasteiger partial charge in [-0.1, -0.05) is 71.9 Å². The monoisotopic (exact) mass is 689 g/mol. The second kappa shape index (κ2) is 14.0. The van der Waals surface area contributed by atoms with Gasteiger partial charge in [-0.15, -0.1) is 0 Å². The fourth-order valence-corrected chi connectivity index (χ4v) is 6.96. The standard InChI is InChI=1S/C30H29Cl3F3N3O4S/c1-19(29(41)37-22-7-5-6-8-22)38(17-20-11-13-24(31)26(33)15-20)28(40)18-39(44(42,43)23-9-3-2-4-10-23)27-16-21(30(34,35)36)12-14-25(27)32/h2-4,9-16,19,22H,5-8,17-18H2,1H3,(H,37,41)/t19-/m1/s1. The number of amides is 2. The van der Waals surface area contributed by atoms with Crippen LogP contribution in [-0.2, 0) is 32.3 Å². The van der Waals surface area contributed by atoms with E-state index in [1.165, 1.54) is 43.3 Å². The first kappa shape index (κ1) is 33.9. The molecular formula is C30H29Cl3F3N3O4S. The average Bonchev–Trinajstić information content (AvgIpc) is 3.49. The molecule has 7 nitrogen and oxygen atoms in total. The van der Waals surface area contributed by atoms with Gasteiger partial charge < -0.3 is 10.2 Å². The van der Waals surface area contributed by atoms with E-state index in [1.807, 2.05) is 0 Å². The zero-order valence-electron chi connectivity index (χ0n) is 23.5. The van der Waals surface area contributed by atoms with Crippen molar-refractivity contribution in [3.63, 3.8) is 0 Å². The van der Waals surface area contributed by atoms with Crippen molar-refractivity contribution in [1.29, 1.82) is 0 Å². The molecule has 1 saturated carbocycles. The van der Waals surface area contributed by atoms with E-state index < -0.39 is 51.9 Å². The Morgan fingerprint density at radius 3 is 2.18 bits per heavy atom. The summed E-state index contributed by atoms with van der Waals surface area (Å²) in [4.78, 5) is 28.2. The zero-order valence-corrected chi connectivity index (χ0v) is 26.5.